The standard InChI is InChI=1S/C21H19ClN2O3S/c22-16-6-2-4-8-18(16)28-12-15-14-5-1-3-7-17(14)27-19(15)21(26)24-10-9-13(11-24)20(23)25/h1-8,13H,9-12H2,(H2,23,25)/t13-/m0/s1. The molecular formula is C21H19ClN2O3S. The number of para-hydroxylation sites is 1. The number of hydrogen-bond acceptors (Lipinski definition) is 4. The third-order valence-corrected chi connectivity index (χ3v) is 6.52. The van der Waals surface area contributed by atoms with Gasteiger partial charge in [-0.25, -0.2) is 0 Å². The number of benzene rings is 2. The Morgan fingerprint density at radius 3 is 2.68 bits per heavy atom. The van der Waals surface area contributed by atoms with Crippen LogP contribution in [0.2, 0.25) is 5.02 Å². The van der Waals surface area contributed by atoms with E-state index in [-0.39, 0.29) is 17.7 Å². The van der Waals surface area contributed by atoms with Crippen molar-refractivity contribution in [1.29, 1.82) is 0 Å². The number of primary amides is 1. The van der Waals surface area contributed by atoms with Gasteiger partial charge in [-0.05, 0) is 24.6 Å². The zero-order valence-electron chi connectivity index (χ0n) is 15.1. The normalized spacial score (nSPS) is 16.6. The molecule has 2 N–H and O–H groups in total. The highest BCUT2D eigenvalue weighted by atomic mass is 35.5. The number of thioether (sulfide) groups is 1. The fraction of sp³-hybridized carbons (Fsp3) is 0.238. The molecule has 2 amide bonds. The van der Waals surface area contributed by atoms with Crippen LogP contribution in [0.25, 0.3) is 11.0 Å². The van der Waals surface area contributed by atoms with Gasteiger partial charge in [0.05, 0.1) is 10.9 Å². The van der Waals surface area contributed by atoms with Crippen molar-refractivity contribution in [1.82, 2.24) is 4.90 Å². The van der Waals surface area contributed by atoms with Gasteiger partial charge in [-0.2, -0.15) is 0 Å². The molecule has 2 aromatic carbocycles. The van der Waals surface area contributed by atoms with Gasteiger partial charge in [0.15, 0.2) is 5.76 Å². The summed E-state index contributed by atoms with van der Waals surface area (Å²) in [7, 11) is 0. The topological polar surface area (TPSA) is 76.5 Å². The van der Waals surface area contributed by atoms with Gasteiger partial charge >= 0.3 is 0 Å². The predicted octanol–water partition coefficient (Wildman–Crippen LogP) is 4.33. The molecule has 0 unspecified atom stereocenters. The van der Waals surface area contributed by atoms with Crippen molar-refractivity contribution >= 4 is 46.1 Å². The number of carbonyl (C=O) groups excluding carboxylic acids is 2. The highest BCUT2D eigenvalue weighted by Gasteiger charge is 2.33. The van der Waals surface area contributed by atoms with Gasteiger partial charge in [0.2, 0.25) is 5.91 Å². The molecule has 1 fully saturated rings. The molecule has 7 heteroatoms. The summed E-state index contributed by atoms with van der Waals surface area (Å²) >= 11 is 7.83. The average molecular weight is 415 g/mol. The molecule has 1 aliphatic heterocycles. The lowest BCUT2D eigenvalue weighted by Crippen LogP contribution is -2.32. The molecule has 0 radical (unpaired) electrons. The molecule has 3 aromatic rings. The van der Waals surface area contributed by atoms with Gasteiger partial charge in [-0.3, -0.25) is 9.59 Å². The summed E-state index contributed by atoms with van der Waals surface area (Å²) < 4.78 is 5.93. The van der Waals surface area contributed by atoms with E-state index >= 15 is 0 Å². The van der Waals surface area contributed by atoms with Crippen LogP contribution in [0.15, 0.2) is 57.8 Å². The number of halogens is 1. The number of rotatable bonds is 5. The molecule has 2 heterocycles. The van der Waals surface area contributed by atoms with E-state index in [0.29, 0.717) is 41.6 Å². The van der Waals surface area contributed by atoms with E-state index < -0.39 is 0 Å². The van der Waals surface area contributed by atoms with Gasteiger partial charge in [0, 0.05) is 34.7 Å². The van der Waals surface area contributed by atoms with Crippen molar-refractivity contribution in [2.45, 2.75) is 17.1 Å². The Hall–Kier alpha value is -2.44. The maximum Gasteiger partial charge on any atom is 0.289 e. The fourth-order valence-electron chi connectivity index (χ4n) is 3.45. The second-order valence-electron chi connectivity index (χ2n) is 6.76. The second kappa shape index (κ2) is 7.89. The molecule has 0 bridgehead atoms. The van der Waals surface area contributed by atoms with Gasteiger partial charge in [-0.1, -0.05) is 41.9 Å². The van der Waals surface area contributed by atoms with Crippen LogP contribution in [0.1, 0.15) is 22.5 Å². The number of likely N-dealkylation sites (tertiary alicyclic amines) is 1. The highest BCUT2D eigenvalue weighted by Crippen LogP contribution is 2.35. The smallest absolute Gasteiger partial charge is 0.289 e. The minimum atomic E-state index is -0.366. The van der Waals surface area contributed by atoms with Crippen LogP contribution in [0, 0.1) is 5.92 Å². The molecule has 28 heavy (non-hydrogen) atoms. The Bertz CT molecular complexity index is 1050. The highest BCUT2D eigenvalue weighted by molar-refractivity contribution is 7.98. The number of carbonyl (C=O) groups is 2. The Labute approximate surface area is 171 Å². The molecule has 0 spiro atoms. The zero-order chi connectivity index (χ0) is 19.7. The molecule has 1 aromatic heterocycles. The molecule has 1 atom stereocenters. The van der Waals surface area contributed by atoms with E-state index in [1.807, 2.05) is 48.5 Å². The van der Waals surface area contributed by atoms with Crippen LogP contribution >= 0.6 is 23.4 Å². The van der Waals surface area contributed by atoms with E-state index in [4.69, 9.17) is 21.8 Å². The van der Waals surface area contributed by atoms with Gasteiger partial charge in [-0.15, -0.1) is 11.8 Å². The molecule has 0 saturated carbocycles. The summed E-state index contributed by atoms with van der Waals surface area (Å²) in [6, 6.07) is 15.2. The quantitative estimate of drug-likeness (QED) is 0.630. The van der Waals surface area contributed by atoms with Crippen molar-refractivity contribution in [3.63, 3.8) is 0 Å². The summed E-state index contributed by atoms with van der Waals surface area (Å²) in [6.07, 6.45) is 0.588. The summed E-state index contributed by atoms with van der Waals surface area (Å²) in [6.45, 7) is 0.836. The Morgan fingerprint density at radius 2 is 1.93 bits per heavy atom. The minimum absolute atomic E-state index is 0.199. The summed E-state index contributed by atoms with van der Waals surface area (Å²) in [5, 5.41) is 1.59. The molecule has 0 aliphatic carbocycles. The van der Waals surface area contributed by atoms with Crippen LogP contribution in [0.5, 0.6) is 0 Å². The number of hydrogen-bond donors (Lipinski definition) is 1. The largest absolute Gasteiger partial charge is 0.451 e. The lowest BCUT2D eigenvalue weighted by molar-refractivity contribution is -0.121. The van der Waals surface area contributed by atoms with Crippen LogP contribution in [-0.4, -0.2) is 29.8 Å². The third kappa shape index (κ3) is 3.62. The summed E-state index contributed by atoms with van der Waals surface area (Å²) in [5.41, 5.74) is 6.91. The van der Waals surface area contributed by atoms with Crippen LogP contribution in [0.3, 0.4) is 0 Å². The third-order valence-electron chi connectivity index (χ3n) is 4.98. The maximum atomic E-state index is 13.1. The van der Waals surface area contributed by atoms with E-state index in [9.17, 15) is 9.59 Å². The molecule has 4 rings (SSSR count). The molecule has 144 valence electrons. The lowest BCUT2D eigenvalue weighted by atomic mass is 10.1. The first kappa shape index (κ1) is 18.9. The van der Waals surface area contributed by atoms with Crippen LogP contribution < -0.4 is 5.73 Å². The summed E-state index contributed by atoms with van der Waals surface area (Å²) in [4.78, 5) is 27.2. The molecule has 1 aliphatic rings. The Morgan fingerprint density at radius 1 is 1.18 bits per heavy atom. The SMILES string of the molecule is NC(=O)[C@H]1CCN(C(=O)c2oc3ccccc3c2CSc2ccccc2Cl)C1. The van der Waals surface area contributed by atoms with Crippen LogP contribution in [-0.2, 0) is 10.5 Å². The van der Waals surface area contributed by atoms with Crippen molar-refractivity contribution in [2.75, 3.05) is 13.1 Å². The van der Waals surface area contributed by atoms with Crippen LogP contribution in [0.4, 0.5) is 0 Å². The van der Waals surface area contributed by atoms with Crippen molar-refractivity contribution in [3.05, 3.63) is 64.9 Å². The summed E-state index contributed by atoms with van der Waals surface area (Å²) in [5.74, 6) is 0.0128. The number of nitrogens with two attached hydrogens (primary N) is 1. The zero-order valence-corrected chi connectivity index (χ0v) is 16.6. The average Bonchev–Trinajstić information content (AvgIpc) is 3.32. The fourth-order valence-corrected chi connectivity index (χ4v) is 4.71. The van der Waals surface area contributed by atoms with Crippen molar-refractivity contribution < 1.29 is 14.0 Å². The van der Waals surface area contributed by atoms with Crippen molar-refractivity contribution in [2.24, 2.45) is 11.7 Å². The minimum Gasteiger partial charge on any atom is -0.451 e. The molecule has 5 nitrogen and oxygen atoms in total. The van der Waals surface area contributed by atoms with E-state index in [2.05, 4.69) is 0 Å². The maximum absolute atomic E-state index is 13.1. The molecule has 1 saturated heterocycles. The van der Waals surface area contributed by atoms with E-state index in [0.717, 1.165) is 15.8 Å². The number of nitrogens with zero attached hydrogens (tertiary/aromatic N) is 1. The van der Waals surface area contributed by atoms with E-state index in [1.54, 1.807) is 16.7 Å². The first-order valence-corrected chi connectivity index (χ1v) is 10.4. The first-order chi connectivity index (χ1) is 13.5. The second-order valence-corrected chi connectivity index (χ2v) is 8.19. The number of amides is 2. The van der Waals surface area contributed by atoms with Crippen molar-refractivity contribution in [3.8, 4) is 0 Å². The van der Waals surface area contributed by atoms with E-state index in [1.165, 1.54) is 0 Å². The molecular weight excluding hydrogens is 396 g/mol. The van der Waals surface area contributed by atoms with Gasteiger partial charge < -0.3 is 15.1 Å². The first-order valence-electron chi connectivity index (χ1n) is 9.01. The monoisotopic (exact) mass is 414 g/mol. The lowest BCUT2D eigenvalue weighted by Gasteiger charge is -2.15. The van der Waals surface area contributed by atoms with Gasteiger partial charge in [0.1, 0.15) is 5.58 Å². The predicted molar refractivity (Wildman–Crippen MR) is 110 cm³/mol. The Kier molecular flexibility index (Phi) is 5.33. The number of fused-ring (bicyclic) bond motifs is 1. The number of furan rings is 1. The Balaban J connectivity index is 1.64. The van der Waals surface area contributed by atoms with Gasteiger partial charge in [0.25, 0.3) is 5.91 Å².